The van der Waals surface area contributed by atoms with Gasteiger partial charge in [-0.25, -0.2) is 0 Å². The van der Waals surface area contributed by atoms with Crippen molar-refractivity contribution in [2.24, 2.45) is 17.3 Å². The topological polar surface area (TPSA) is 90.0 Å². The molecule has 3 aliphatic rings. The summed E-state index contributed by atoms with van der Waals surface area (Å²) in [7, 11) is 0. The fourth-order valence-corrected chi connectivity index (χ4v) is 7.11. The van der Waals surface area contributed by atoms with Crippen LogP contribution in [-0.2, 0) is 20.0 Å². The van der Waals surface area contributed by atoms with Crippen LogP contribution in [0.25, 0.3) is 0 Å². The molecule has 3 unspecified atom stereocenters. The molecule has 4 rings (SSSR count). The van der Waals surface area contributed by atoms with E-state index in [0.29, 0.717) is 31.0 Å². The largest absolute Gasteiger partial charge is 0.384 e. The number of hydrogen-bond donors (Lipinski definition) is 2. The van der Waals surface area contributed by atoms with E-state index < -0.39 is 17.1 Å². The molecule has 2 heterocycles. The van der Waals surface area contributed by atoms with Crippen molar-refractivity contribution in [2.75, 3.05) is 19.6 Å². The number of likely N-dealkylation sites (tertiary alicyclic amines) is 2. The number of hydrogen-bond acceptors (Lipinski definition) is 4. The summed E-state index contributed by atoms with van der Waals surface area (Å²) in [4.78, 5) is 43.0. The highest BCUT2D eigenvalue weighted by atomic mass is 35.5. The molecule has 1 aromatic carbocycles. The second-order valence-corrected chi connectivity index (χ2v) is 12.9. The summed E-state index contributed by atoms with van der Waals surface area (Å²) in [6, 6.07) is 6.63. The van der Waals surface area contributed by atoms with Gasteiger partial charge in [0.1, 0.15) is 6.04 Å². The fraction of sp³-hybridized carbons (Fsp3) is 0.690. The molecule has 1 saturated carbocycles. The highest BCUT2D eigenvalue weighted by Gasteiger charge is 2.52. The van der Waals surface area contributed by atoms with E-state index in [-0.39, 0.29) is 35.1 Å². The molecule has 204 valence electrons. The zero-order chi connectivity index (χ0) is 27.2. The monoisotopic (exact) mass is 531 g/mol. The fourth-order valence-electron chi connectivity index (χ4n) is 6.98. The zero-order valence-corrected chi connectivity index (χ0v) is 23.6. The van der Waals surface area contributed by atoms with Crippen molar-refractivity contribution in [3.63, 3.8) is 0 Å². The molecule has 3 amide bonds. The third-order valence-corrected chi connectivity index (χ3v) is 9.50. The lowest BCUT2D eigenvalue weighted by molar-refractivity contribution is -0.157. The molecule has 7 nitrogen and oxygen atoms in total. The van der Waals surface area contributed by atoms with Gasteiger partial charge in [0, 0.05) is 48.5 Å². The number of nitrogens with one attached hydrogen (secondary N) is 1. The summed E-state index contributed by atoms with van der Waals surface area (Å²) in [5, 5.41) is 15.4. The molecule has 0 bridgehead atoms. The summed E-state index contributed by atoms with van der Waals surface area (Å²) >= 11 is 6.05. The van der Waals surface area contributed by atoms with Gasteiger partial charge in [-0.05, 0) is 62.1 Å². The van der Waals surface area contributed by atoms with E-state index >= 15 is 0 Å². The summed E-state index contributed by atoms with van der Waals surface area (Å²) in [5.74, 6) is -0.379. The molecular weight excluding hydrogens is 490 g/mol. The summed E-state index contributed by atoms with van der Waals surface area (Å²) < 4.78 is 0. The first kappa shape index (κ1) is 27.9. The Labute approximate surface area is 225 Å². The number of amides is 3. The third-order valence-electron chi connectivity index (χ3n) is 9.25. The van der Waals surface area contributed by atoms with Crippen LogP contribution in [0, 0.1) is 17.3 Å². The number of rotatable bonds is 5. The second-order valence-electron chi connectivity index (χ2n) is 12.4. The van der Waals surface area contributed by atoms with Gasteiger partial charge in [-0.15, -0.1) is 0 Å². The van der Waals surface area contributed by atoms with Crippen LogP contribution in [0.1, 0.15) is 78.7 Å². The minimum Gasteiger partial charge on any atom is -0.384 e. The van der Waals surface area contributed by atoms with Gasteiger partial charge in [-0.3, -0.25) is 14.4 Å². The average Bonchev–Trinajstić information content (AvgIpc) is 3.46. The Morgan fingerprint density at radius 1 is 1.08 bits per heavy atom. The molecule has 0 radical (unpaired) electrons. The number of piperidine rings is 1. The number of halogens is 1. The first-order chi connectivity index (χ1) is 17.3. The lowest BCUT2D eigenvalue weighted by Gasteiger charge is -2.51. The average molecular weight is 532 g/mol. The molecular formula is C29H42ClN3O4. The Balaban J connectivity index is 1.43. The summed E-state index contributed by atoms with van der Waals surface area (Å²) in [6.45, 7) is 11.0. The van der Waals surface area contributed by atoms with Crippen LogP contribution in [0.4, 0.5) is 0 Å². The van der Waals surface area contributed by atoms with Crippen molar-refractivity contribution in [2.45, 2.75) is 90.3 Å². The van der Waals surface area contributed by atoms with Gasteiger partial charge in [0.2, 0.25) is 17.7 Å². The van der Waals surface area contributed by atoms with Crippen molar-refractivity contribution in [1.29, 1.82) is 0 Å². The lowest BCUT2D eigenvalue weighted by Crippen LogP contribution is -2.60. The van der Waals surface area contributed by atoms with Crippen LogP contribution in [-0.4, -0.2) is 63.8 Å². The third kappa shape index (κ3) is 5.14. The molecule has 1 spiro atoms. The summed E-state index contributed by atoms with van der Waals surface area (Å²) in [5.41, 5.74) is -1.10. The minimum absolute atomic E-state index is 0.0767. The smallest absolute Gasteiger partial charge is 0.245 e. The molecule has 37 heavy (non-hydrogen) atoms. The van der Waals surface area contributed by atoms with Crippen molar-refractivity contribution in [3.05, 3.63) is 34.9 Å². The number of nitrogens with zero attached hydrogens (tertiary/aromatic N) is 2. The maximum absolute atomic E-state index is 13.7. The van der Waals surface area contributed by atoms with Gasteiger partial charge in [0.05, 0.1) is 5.60 Å². The number of aliphatic hydroxyl groups is 1. The van der Waals surface area contributed by atoms with Crippen LogP contribution in [0.3, 0.4) is 0 Å². The Hall–Kier alpha value is -2.12. The van der Waals surface area contributed by atoms with E-state index in [9.17, 15) is 19.5 Å². The van der Waals surface area contributed by atoms with Crippen molar-refractivity contribution < 1.29 is 19.5 Å². The Bertz CT molecular complexity index is 1040. The standard InChI is InChI=1S/C29H42ClN3O4/c1-19(2)24(31-25(35)21-11-13-28(17-21)12-6-15-33(28)20(3)34)26(36)32-16-14-29(37,27(4,5)18-32)22-7-9-23(30)10-8-22/h7-10,19,21,24,37H,6,11-18H2,1-5H3,(H,31,35)/t21-,24?,28?,29?/m1/s1. The highest BCUT2D eigenvalue weighted by Crippen LogP contribution is 2.47. The van der Waals surface area contributed by atoms with E-state index in [1.807, 2.05) is 44.7 Å². The van der Waals surface area contributed by atoms with Gasteiger partial charge < -0.3 is 20.2 Å². The van der Waals surface area contributed by atoms with Crippen molar-refractivity contribution in [1.82, 2.24) is 15.1 Å². The number of benzene rings is 1. The van der Waals surface area contributed by atoms with Crippen LogP contribution >= 0.6 is 11.6 Å². The van der Waals surface area contributed by atoms with Crippen molar-refractivity contribution >= 4 is 29.3 Å². The zero-order valence-electron chi connectivity index (χ0n) is 22.8. The second kappa shape index (κ2) is 10.2. The predicted octanol–water partition coefficient (Wildman–Crippen LogP) is 4.11. The first-order valence-corrected chi connectivity index (χ1v) is 14.0. The van der Waals surface area contributed by atoms with Crippen LogP contribution < -0.4 is 5.32 Å². The van der Waals surface area contributed by atoms with E-state index in [2.05, 4.69) is 5.32 Å². The van der Waals surface area contributed by atoms with E-state index in [1.165, 1.54) is 0 Å². The number of carbonyl (C=O) groups excluding carboxylic acids is 3. The molecule has 0 aromatic heterocycles. The SMILES string of the molecule is CC(=O)N1CCCC12CC[C@@H](C(=O)NC(C(=O)N1CCC(O)(c3ccc(Cl)cc3)C(C)(C)C1)C(C)C)C2. The van der Waals surface area contributed by atoms with Gasteiger partial charge >= 0.3 is 0 Å². The Morgan fingerprint density at radius 3 is 2.35 bits per heavy atom. The van der Waals surface area contributed by atoms with Crippen molar-refractivity contribution in [3.8, 4) is 0 Å². The molecule has 2 saturated heterocycles. The van der Waals surface area contributed by atoms with Crippen LogP contribution in [0.5, 0.6) is 0 Å². The van der Waals surface area contributed by atoms with E-state index in [1.54, 1.807) is 24.0 Å². The minimum atomic E-state index is -1.09. The van der Waals surface area contributed by atoms with E-state index in [4.69, 9.17) is 11.6 Å². The molecule has 2 N–H and O–H groups in total. The Morgan fingerprint density at radius 2 is 1.76 bits per heavy atom. The molecule has 1 aromatic rings. The van der Waals surface area contributed by atoms with E-state index in [0.717, 1.165) is 37.8 Å². The van der Waals surface area contributed by atoms with Gasteiger partial charge in [0.25, 0.3) is 0 Å². The van der Waals surface area contributed by atoms with Crippen LogP contribution in [0.2, 0.25) is 5.02 Å². The molecule has 4 atom stereocenters. The molecule has 2 aliphatic heterocycles. The predicted molar refractivity (Wildman–Crippen MR) is 144 cm³/mol. The molecule has 1 aliphatic carbocycles. The van der Waals surface area contributed by atoms with Crippen LogP contribution in [0.15, 0.2) is 24.3 Å². The molecule has 3 fully saturated rings. The maximum atomic E-state index is 13.7. The number of carbonyl (C=O) groups is 3. The van der Waals surface area contributed by atoms with Gasteiger partial charge in [0.15, 0.2) is 0 Å². The lowest BCUT2D eigenvalue weighted by atomic mass is 9.66. The molecule has 8 heteroatoms. The Kier molecular flexibility index (Phi) is 7.70. The van der Waals surface area contributed by atoms with Gasteiger partial charge in [-0.2, -0.15) is 0 Å². The quantitative estimate of drug-likeness (QED) is 0.598. The summed E-state index contributed by atoms with van der Waals surface area (Å²) in [6.07, 6.45) is 4.57. The highest BCUT2D eigenvalue weighted by molar-refractivity contribution is 6.30. The normalized spacial score (nSPS) is 30.1. The maximum Gasteiger partial charge on any atom is 0.245 e. The van der Waals surface area contributed by atoms with Gasteiger partial charge in [-0.1, -0.05) is 51.4 Å². The first-order valence-electron chi connectivity index (χ1n) is 13.7.